The lowest BCUT2D eigenvalue weighted by atomic mass is 9.34. The SMILES string of the molecule is O=C(CCCCCC12CC(CN3CC(F)(F)C3)(C1)C2)N1N=CCC1c1cc(F)cc(F)c1. The zero-order valence-electron chi connectivity index (χ0n) is 18.1. The summed E-state index contributed by atoms with van der Waals surface area (Å²) in [4.78, 5) is 14.5. The fraction of sp³-hybridized carbons (Fsp3) is 0.667. The number of amides is 1. The number of benzene rings is 1. The molecule has 6 rings (SSSR count). The summed E-state index contributed by atoms with van der Waals surface area (Å²) in [5.41, 5.74) is 1.14. The molecule has 0 N–H and O–H groups in total. The van der Waals surface area contributed by atoms with Crippen LogP contribution in [0.2, 0.25) is 0 Å². The van der Waals surface area contributed by atoms with Crippen LogP contribution in [0.15, 0.2) is 23.3 Å². The summed E-state index contributed by atoms with van der Waals surface area (Å²) in [5, 5.41) is 5.49. The van der Waals surface area contributed by atoms with E-state index in [0.717, 1.165) is 57.6 Å². The Hall–Kier alpha value is -1.96. The van der Waals surface area contributed by atoms with Crippen LogP contribution in [0.3, 0.4) is 0 Å². The number of carbonyl (C=O) groups is 1. The van der Waals surface area contributed by atoms with Crippen LogP contribution in [0.25, 0.3) is 0 Å². The van der Waals surface area contributed by atoms with Gasteiger partial charge in [-0.2, -0.15) is 5.10 Å². The second-order valence-corrected chi connectivity index (χ2v) is 10.6. The number of hydrogen-bond donors (Lipinski definition) is 0. The van der Waals surface area contributed by atoms with Crippen molar-refractivity contribution in [2.24, 2.45) is 15.9 Å². The molecule has 8 heteroatoms. The zero-order chi connectivity index (χ0) is 22.6. The summed E-state index contributed by atoms with van der Waals surface area (Å²) >= 11 is 0. The molecule has 4 nitrogen and oxygen atoms in total. The molecule has 1 unspecified atom stereocenters. The van der Waals surface area contributed by atoms with Crippen LogP contribution in [0, 0.1) is 22.5 Å². The first-order chi connectivity index (χ1) is 15.2. The molecule has 1 atom stereocenters. The Morgan fingerprint density at radius 3 is 2.34 bits per heavy atom. The molecule has 174 valence electrons. The molecule has 0 spiro atoms. The zero-order valence-corrected chi connectivity index (χ0v) is 18.1. The third kappa shape index (κ3) is 4.18. The van der Waals surface area contributed by atoms with E-state index in [1.807, 2.05) is 4.90 Å². The molecule has 5 aliphatic rings. The minimum absolute atomic E-state index is 0.0775. The molecule has 1 amide bonds. The van der Waals surface area contributed by atoms with Gasteiger partial charge in [-0.05, 0) is 60.6 Å². The van der Waals surface area contributed by atoms with E-state index < -0.39 is 23.6 Å². The average molecular weight is 452 g/mol. The van der Waals surface area contributed by atoms with Gasteiger partial charge in [0, 0.05) is 31.7 Å². The highest BCUT2D eigenvalue weighted by molar-refractivity contribution is 5.79. The van der Waals surface area contributed by atoms with Crippen molar-refractivity contribution in [2.75, 3.05) is 19.6 Å². The quantitative estimate of drug-likeness (QED) is 0.378. The van der Waals surface area contributed by atoms with Crippen LogP contribution < -0.4 is 0 Å². The molecule has 0 aromatic heterocycles. The number of likely N-dealkylation sites (tertiary alicyclic amines) is 1. The summed E-state index contributed by atoms with van der Waals surface area (Å²) in [5.74, 6) is -3.91. The molecule has 32 heavy (non-hydrogen) atoms. The van der Waals surface area contributed by atoms with Crippen LogP contribution in [-0.2, 0) is 4.79 Å². The van der Waals surface area contributed by atoms with E-state index in [0.29, 0.717) is 29.2 Å². The number of unbranched alkanes of at least 4 members (excludes halogenated alkanes) is 2. The average Bonchev–Trinajstić information content (AvgIpc) is 3.11. The van der Waals surface area contributed by atoms with Gasteiger partial charge in [0.1, 0.15) is 11.6 Å². The predicted octanol–water partition coefficient (Wildman–Crippen LogP) is 5.30. The number of rotatable bonds is 9. The minimum atomic E-state index is -2.48. The highest BCUT2D eigenvalue weighted by atomic mass is 19.3. The smallest absolute Gasteiger partial charge is 0.272 e. The maximum Gasteiger partial charge on any atom is 0.272 e. The third-order valence-electron chi connectivity index (χ3n) is 7.67. The number of halogens is 4. The van der Waals surface area contributed by atoms with Gasteiger partial charge < -0.3 is 0 Å². The number of carbonyl (C=O) groups excluding carboxylic acids is 1. The van der Waals surface area contributed by atoms with Crippen molar-refractivity contribution in [2.45, 2.75) is 69.8 Å². The summed E-state index contributed by atoms with van der Waals surface area (Å²) in [6.07, 6.45) is 9.85. The molecular weight excluding hydrogens is 422 g/mol. The van der Waals surface area contributed by atoms with Gasteiger partial charge in [0.05, 0.1) is 19.1 Å². The Labute approximate surface area is 185 Å². The Bertz CT molecular complexity index is 886. The molecule has 3 aliphatic carbocycles. The van der Waals surface area contributed by atoms with Gasteiger partial charge in [0.15, 0.2) is 0 Å². The van der Waals surface area contributed by atoms with Crippen molar-refractivity contribution >= 4 is 12.1 Å². The van der Waals surface area contributed by atoms with Gasteiger partial charge in [-0.3, -0.25) is 9.69 Å². The van der Waals surface area contributed by atoms with Crippen LogP contribution in [0.4, 0.5) is 17.6 Å². The molecule has 1 saturated heterocycles. The molecule has 2 heterocycles. The Kier molecular flexibility index (Phi) is 5.34. The summed E-state index contributed by atoms with van der Waals surface area (Å²) in [7, 11) is 0. The Morgan fingerprint density at radius 1 is 1.00 bits per heavy atom. The van der Waals surface area contributed by atoms with Crippen LogP contribution in [-0.4, -0.2) is 47.6 Å². The second kappa shape index (κ2) is 7.82. The first kappa shape index (κ1) is 21.9. The number of hydrazone groups is 1. The monoisotopic (exact) mass is 451 g/mol. The summed E-state index contributed by atoms with van der Waals surface area (Å²) in [6.45, 7) is 0.670. The minimum Gasteiger partial charge on any atom is -0.291 e. The van der Waals surface area contributed by atoms with Gasteiger partial charge in [0.2, 0.25) is 5.91 Å². The maximum absolute atomic E-state index is 13.6. The first-order valence-corrected chi connectivity index (χ1v) is 11.6. The lowest BCUT2D eigenvalue weighted by Crippen LogP contribution is -2.69. The largest absolute Gasteiger partial charge is 0.291 e. The fourth-order valence-electron chi connectivity index (χ4n) is 6.62. The van der Waals surface area contributed by atoms with Crippen molar-refractivity contribution in [1.29, 1.82) is 0 Å². The van der Waals surface area contributed by atoms with Gasteiger partial charge in [0.25, 0.3) is 5.92 Å². The van der Waals surface area contributed by atoms with E-state index in [1.165, 1.54) is 17.1 Å². The molecule has 3 saturated carbocycles. The highest BCUT2D eigenvalue weighted by Crippen LogP contribution is 2.75. The molecule has 2 bridgehead atoms. The van der Waals surface area contributed by atoms with Crippen molar-refractivity contribution in [3.63, 3.8) is 0 Å². The maximum atomic E-state index is 13.6. The van der Waals surface area contributed by atoms with E-state index in [4.69, 9.17) is 0 Å². The molecule has 1 aromatic carbocycles. The lowest BCUT2D eigenvalue weighted by molar-refractivity contribution is -0.240. The molecule has 0 radical (unpaired) electrons. The van der Waals surface area contributed by atoms with Gasteiger partial charge in [-0.1, -0.05) is 12.8 Å². The van der Waals surface area contributed by atoms with Crippen LogP contribution in [0.5, 0.6) is 0 Å². The summed E-state index contributed by atoms with van der Waals surface area (Å²) in [6, 6.07) is 2.89. The lowest BCUT2D eigenvalue weighted by Gasteiger charge is -2.73. The van der Waals surface area contributed by atoms with E-state index in [-0.39, 0.29) is 19.0 Å². The molecular formula is C24H29F4N3O. The van der Waals surface area contributed by atoms with E-state index in [2.05, 4.69) is 5.10 Å². The van der Waals surface area contributed by atoms with Crippen molar-refractivity contribution in [3.8, 4) is 0 Å². The van der Waals surface area contributed by atoms with E-state index in [1.54, 1.807) is 6.21 Å². The standard InChI is InChI=1S/C24H29F4N3O/c25-18-8-17(9-19(26)10-18)20-5-7-29-31(20)21(32)4-2-1-3-6-22-11-23(12-22,13-22)14-30-15-24(27,28)16-30/h7-10,20H,1-6,11-16H2. The fourth-order valence-corrected chi connectivity index (χ4v) is 6.62. The number of alkyl halides is 2. The van der Waals surface area contributed by atoms with Crippen LogP contribution >= 0.6 is 0 Å². The normalized spacial score (nSPS) is 32.4. The number of hydrogen-bond acceptors (Lipinski definition) is 3. The first-order valence-electron chi connectivity index (χ1n) is 11.6. The third-order valence-corrected chi connectivity index (χ3v) is 7.67. The highest BCUT2D eigenvalue weighted by Gasteiger charge is 2.67. The molecule has 2 aliphatic heterocycles. The van der Waals surface area contributed by atoms with Crippen LogP contribution in [0.1, 0.15) is 69.4 Å². The Balaban J connectivity index is 1.00. The van der Waals surface area contributed by atoms with Gasteiger partial charge in [-0.25, -0.2) is 22.6 Å². The van der Waals surface area contributed by atoms with Gasteiger partial charge >= 0.3 is 0 Å². The van der Waals surface area contributed by atoms with Crippen molar-refractivity contribution in [1.82, 2.24) is 9.91 Å². The predicted molar refractivity (Wildman–Crippen MR) is 112 cm³/mol. The van der Waals surface area contributed by atoms with E-state index in [9.17, 15) is 22.4 Å². The topological polar surface area (TPSA) is 35.9 Å². The number of nitrogens with zero attached hydrogens (tertiary/aromatic N) is 3. The van der Waals surface area contributed by atoms with Crippen molar-refractivity contribution < 1.29 is 22.4 Å². The summed E-state index contributed by atoms with van der Waals surface area (Å²) < 4.78 is 53.1. The van der Waals surface area contributed by atoms with Crippen molar-refractivity contribution in [3.05, 3.63) is 35.4 Å². The second-order valence-electron chi connectivity index (χ2n) is 10.6. The van der Waals surface area contributed by atoms with Gasteiger partial charge in [-0.15, -0.1) is 0 Å². The van der Waals surface area contributed by atoms with E-state index >= 15 is 0 Å². The Morgan fingerprint density at radius 2 is 1.69 bits per heavy atom. The molecule has 4 fully saturated rings. The molecule has 1 aromatic rings.